The van der Waals surface area contributed by atoms with Gasteiger partial charge >= 0.3 is 0 Å². The number of benzene rings is 1. The van der Waals surface area contributed by atoms with E-state index < -0.39 is 5.82 Å². The van der Waals surface area contributed by atoms with E-state index in [4.69, 9.17) is 23.2 Å². The van der Waals surface area contributed by atoms with Crippen LogP contribution in [0.15, 0.2) is 12.1 Å². The average Bonchev–Trinajstić information content (AvgIpc) is 2.84. The van der Waals surface area contributed by atoms with Crippen LogP contribution in [0.4, 0.5) is 4.39 Å². The highest BCUT2D eigenvalue weighted by Crippen LogP contribution is 2.28. The lowest BCUT2D eigenvalue weighted by atomic mass is 10.1. The van der Waals surface area contributed by atoms with E-state index in [2.05, 4.69) is 27.2 Å². The molecule has 5 nitrogen and oxygen atoms in total. The lowest BCUT2D eigenvalue weighted by molar-refractivity contribution is 0.447. The molecule has 1 heterocycles. The topological polar surface area (TPSA) is 60.1 Å². The molecule has 1 aromatic carbocycles. The van der Waals surface area contributed by atoms with Gasteiger partial charge in [0.25, 0.3) is 0 Å². The van der Waals surface area contributed by atoms with Crippen LogP contribution in [-0.4, -0.2) is 12.7 Å². The van der Waals surface area contributed by atoms with E-state index in [1.54, 1.807) is 0 Å². The molecule has 1 atom stereocenters. The molecule has 8 heteroatoms. The molecule has 1 aromatic rings. The molecule has 0 aromatic heterocycles. The zero-order valence-corrected chi connectivity index (χ0v) is 11.2. The first-order chi connectivity index (χ1) is 8.58. The van der Waals surface area contributed by atoms with Gasteiger partial charge in [-0.1, -0.05) is 23.2 Å². The van der Waals surface area contributed by atoms with E-state index >= 15 is 0 Å². The minimum atomic E-state index is -0.467. The monoisotopic (exact) mass is 293 g/mol. The zero-order valence-electron chi connectivity index (χ0n) is 9.65. The molecule has 18 heavy (non-hydrogen) atoms. The first-order valence-electron chi connectivity index (χ1n) is 5.47. The van der Waals surface area contributed by atoms with Crippen molar-refractivity contribution >= 4 is 23.2 Å². The second-order valence-electron chi connectivity index (χ2n) is 4.01. The molecule has 1 aliphatic rings. The Morgan fingerprint density at radius 3 is 2.61 bits per heavy atom. The highest BCUT2D eigenvalue weighted by atomic mass is 35.5. The van der Waals surface area contributed by atoms with Gasteiger partial charge in [-0.15, -0.1) is 0 Å². The van der Waals surface area contributed by atoms with Crippen molar-refractivity contribution in [2.75, 3.05) is 6.54 Å². The van der Waals surface area contributed by atoms with E-state index in [-0.39, 0.29) is 17.2 Å². The summed E-state index contributed by atoms with van der Waals surface area (Å²) in [4.78, 5) is 0. The summed E-state index contributed by atoms with van der Waals surface area (Å²) < 4.78 is 13.4. The third-order valence-electron chi connectivity index (χ3n) is 2.69. The van der Waals surface area contributed by atoms with Crippen LogP contribution in [0.1, 0.15) is 18.5 Å². The van der Waals surface area contributed by atoms with Crippen molar-refractivity contribution in [1.29, 1.82) is 0 Å². The van der Waals surface area contributed by atoms with Gasteiger partial charge in [0.1, 0.15) is 5.82 Å². The lowest BCUT2D eigenvalue weighted by Gasteiger charge is -2.18. The highest BCUT2D eigenvalue weighted by Gasteiger charge is 2.16. The maximum atomic E-state index is 13.4. The van der Waals surface area contributed by atoms with Crippen LogP contribution in [-0.2, 0) is 0 Å². The third kappa shape index (κ3) is 3.30. The largest absolute Gasteiger partial charge is 0.307 e. The number of hydrazine groups is 3. The summed E-state index contributed by atoms with van der Waals surface area (Å²) in [5.74, 6) is -0.467. The first-order valence-corrected chi connectivity index (χ1v) is 6.22. The predicted molar refractivity (Wildman–Crippen MR) is 69.2 cm³/mol. The number of halogens is 3. The van der Waals surface area contributed by atoms with Crippen molar-refractivity contribution in [3.63, 3.8) is 0 Å². The lowest BCUT2D eigenvalue weighted by Crippen LogP contribution is -2.43. The summed E-state index contributed by atoms with van der Waals surface area (Å²) in [6, 6.07) is 2.68. The molecule has 1 fully saturated rings. The summed E-state index contributed by atoms with van der Waals surface area (Å²) in [5.41, 5.74) is 12.0. The molecule has 1 saturated heterocycles. The van der Waals surface area contributed by atoms with Gasteiger partial charge in [0.05, 0.1) is 11.2 Å². The fourth-order valence-electron chi connectivity index (χ4n) is 1.66. The van der Waals surface area contributed by atoms with Gasteiger partial charge in [-0.3, -0.25) is 0 Å². The summed E-state index contributed by atoms with van der Waals surface area (Å²) in [5, 5.41) is 3.71. The Hall–Kier alpha value is -0.470. The molecular formula is C10H14Cl2FN5. The van der Waals surface area contributed by atoms with Crippen LogP contribution in [0.5, 0.6) is 0 Å². The van der Waals surface area contributed by atoms with Crippen molar-refractivity contribution in [3.8, 4) is 0 Å². The Labute approximate surface area is 114 Å². The summed E-state index contributed by atoms with van der Waals surface area (Å²) in [7, 11) is 0. The number of hydrogen-bond acceptors (Lipinski definition) is 5. The Bertz CT molecular complexity index is 425. The quantitative estimate of drug-likeness (QED) is 0.541. The van der Waals surface area contributed by atoms with Crippen LogP contribution in [0.2, 0.25) is 10.0 Å². The van der Waals surface area contributed by atoms with Gasteiger partial charge in [0.2, 0.25) is 0 Å². The fourth-order valence-corrected chi connectivity index (χ4v) is 2.21. The molecule has 0 radical (unpaired) electrons. The standard InChI is InChI=1S/C10H14Cl2FN5/c1-5(14-4-10-15-17-18-16-10)6-2-9(13)8(12)3-7(6)11/h2-3,5,10,14-18H,4H2,1H3. The normalized spacial score (nSPS) is 18.2. The Morgan fingerprint density at radius 2 is 1.94 bits per heavy atom. The number of rotatable bonds is 4. The summed E-state index contributed by atoms with van der Waals surface area (Å²) >= 11 is 11.7. The molecule has 100 valence electrons. The molecule has 0 spiro atoms. The maximum absolute atomic E-state index is 13.4. The number of nitrogens with one attached hydrogen (secondary N) is 5. The molecule has 0 aliphatic carbocycles. The van der Waals surface area contributed by atoms with Crippen LogP contribution in [0.3, 0.4) is 0 Å². The minimum Gasteiger partial charge on any atom is -0.307 e. The summed E-state index contributed by atoms with van der Waals surface area (Å²) in [6.07, 6.45) is 0.0309. The first kappa shape index (κ1) is 14.0. The molecule has 0 amide bonds. The smallest absolute Gasteiger partial charge is 0.142 e. The van der Waals surface area contributed by atoms with Gasteiger partial charge < -0.3 is 5.32 Å². The van der Waals surface area contributed by atoms with Crippen LogP contribution in [0, 0.1) is 5.82 Å². The molecule has 1 aliphatic heterocycles. The second kappa shape index (κ2) is 6.12. The average molecular weight is 294 g/mol. The van der Waals surface area contributed by atoms with E-state index in [1.165, 1.54) is 12.1 Å². The maximum Gasteiger partial charge on any atom is 0.142 e. The minimum absolute atomic E-state index is 0.0309. The van der Waals surface area contributed by atoms with Gasteiger partial charge in [-0.2, -0.15) is 11.1 Å². The van der Waals surface area contributed by atoms with Gasteiger partial charge in [-0.05, 0) is 24.6 Å². The third-order valence-corrected chi connectivity index (χ3v) is 3.31. The predicted octanol–water partition coefficient (Wildman–Crippen LogP) is 1.23. The molecule has 5 N–H and O–H groups in total. The van der Waals surface area contributed by atoms with Crippen molar-refractivity contribution in [3.05, 3.63) is 33.6 Å². The van der Waals surface area contributed by atoms with E-state index in [0.29, 0.717) is 17.1 Å². The van der Waals surface area contributed by atoms with Gasteiger partial charge in [0, 0.05) is 17.6 Å². The van der Waals surface area contributed by atoms with Crippen molar-refractivity contribution in [2.24, 2.45) is 0 Å². The molecular weight excluding hydrogens is 280 g/mol. The number of hydrogen-bond donors (Lipinski definition) is 5. The molecule has 0 bridgehead atoms. The van der Waals surface area contributed by atoms with E-state index in [1.807, 2.05) is 6.92 Å². The van der Waals surface area contributed by atoms with Crippen LogP contribution >= 0.6 is 23.2 Å². The van der Waals surface area contributed by atoms with Crippen molar-refractivity contribution in [1.82, 2.24) is 27.2 Å². The Kier molecular flexibility index (Phi) is 4.74. The van der Waals surface area contributed by atoms with Gasteiger partial charge in [0.15, 0.2) is 0 Å². The van der Waals surface area contributed by atoms with Crippen LogP contribution in [0.25, 0.3) is 0 Å². The SMILES string of the molecule is CC(NCC1NNNN1)c1cc(F)c(Cl)cc1Cl. The second-order valence-corrected chi connectivity index (χ2v) is 4.82. The summed E-state index contributed by atoms with van der Waals surface area (Å²) in [6.45, 7) is 2.53. The van der Waals surface area contributed by atoms with E-state index in [0.717, 1.165) is 0 Å². The Morgan fingerprint density at radius 1 is 1.28 bits per heavy atom. The van der Waals surface area contributed by atoms with E-state index in [9.17, 15) is 4.39 Å². The molecule has 0 saturated carbocycles. The highest BCUT2D eigenvalue weighted by molar-refractivity contribution is 6.35. The van der Waals surface area contributed by atoms with Crippen LogP contribution < -0.4 is 27.2 Å². The molecule has 2 rings (SSSR count). The van der Waals surface area contributed by atoms with Gasteiger partial charge in [-0.25, -0.2) is 15.2 Å². The fraction of sp³-hybridized carbons (Fsp3) is 0.400. The van der Waals surface area contributed by atoms with Crippen molar-refractivity contribution < 1.29 is 4.39 Å². The molecule has 1 unspecified atom stereocenters. The zero-order chi connectivity index (χ0) is 13.1. The Balaban J connectivity index is 1.99. The van der Waals surface area contributed by atoms with Crippen molar-refractivity contribution in [2.45, 2.75) is 19.1 Å².